The van der Waals surface area contributed by atoms with Crippen LogP contribution < -0.4 is 5.32 Å². The summed E-state index contributed by atoms with van der Waals surface area (Å²) in [5.74, 6) is -0.103. The van der Waals surface area contributed by atoms with Gasteiger partial charge in [-0.15, -0.1) is 0 Å². The van der Waals surface area contributed by atoms with Crippen LogP contribution in [-0.2, 0) is 13.6 Å². The van der Waals surface area contributed by atoms with E-state index >= 15 is 0 Å². The predicted octanol–water partition coefficient (Wildman–Crippen LogP) is 2.89. The van der Waals surface area contributed by atoms with Crippen molar-refractivity contribution in [1.82, 2.24) is 25.1 Å². The van der Waals surface area contributed by atoms with Gasteiger partial charge in [-0.05, 0) is 42.0 Å². The second-order valence-corrected chi connectivity index (χ2v) is 5.88. The fourth-order valence-corrected chi connectivity index (χ4v) is 2.86. The topological polar surface area (TPSA) is 75.6 Å². The Bertz CT molecular complexity index is 1050. The molecule has 0 spiro atoms. The van der Waals surface area contributed by atoms with Gasteiger partial charge in [-0.2, -0.15) is 5.10 Å². The van der Waals surface area contributed by atoms with Crippen molar-refractivity contribution in [3.63, 3.8) is 0 Å². The lowest BCUT2D eigenvalue weighted by atomic mass is 10.1. The molecule has 0 aliphatic heterocycles. The number of aromatic amines is 1. The van der Waals surface area contributed by atoms with Gasteiger partial charge in [0.05, 0.1) is 5.69 Å². The van der Waals surface area contributed by atoms with E-state index in [1.807, 2.05) is 49.6 Å². The van der Waals surface area contributed by atoms with Gasteiger partial charge >= 0.3 is 0 Å². The van der Waals surface area contributed by atoms with Crippen molar-refractivity contribution in [3.8, 4) is 11.3 Å². The zero-order chi connectivity index (χ0) is 17.2. The standard InChI is InChI=1S/C19H17N5O/c1-24-18(5-7-23-24)16-8-13(10-20-12-16)11-22-19(25)15-2-3-17-14(9-15)4-6-21-17/h2-10,12,21H,11H2,1H3,(H,22,25). The molecule has 0 aliphatic carbocycles. The number of aryl methyl sites for hydroxylation is 1. The Morgan fingerprint density at radius 2 is 2.12 bits per heavy atom. The molecule has 0 saturated heterocycles. The third-order valence-electron chi connectivity index (χ3n) is 4.18. The van der Waals surface area contributed by atoms with E-state index in [9.17, 15) is 4.79 Å². The minimum Gasteiger partial charge on any atom is -0.361 e. The minimum atomic E-state index is -0.103. The zero-order valence-electron chi connectivity index (χ0n) is 13.7. The first-order valence-electron chi connectivity index (χ1n) is 7.98. The van der Waals surface area contributed by atoms with Crippen molar-refractivity contribution >= 4 is 16.8 Å². The molecule has 124 valence electrons. The first kappa shape index (κ1) is 15.1. The first-order chi connectivity index (χ1) is 12.2. The summed E-state index contributed by atoms with van der Waals surface area (Å²) in [6, 6.07) is 11.5. The van der Waals surface area contributed by atoms with Crippen LogP contribution in [0.25, 0.3) is 22.2 Å². The number of hydrogen-bond donors (Lipinski definition) is 2. The van der Waals surface area contributed by atoms with Gasteiger partial charge in [-0.1, -0.05) is 0 Å². The third-order valence-corrected chi connectivity index (χ3v) is 4.18. The molecule has 3 aromatic heterocycles. The number of H-pyrrole nitrogens is 1. The summed E-state index contributed by atoms with van der Waals surface area (Å²) < 4.78 is 1.80. The number of aromatic nitrogens is 4. The van der Waals surface area contributed by atoms with Crippen LogP contribution in [0.5, 0.6) is 0 Å². The highest BCUT2D eigenvalue weighted by atomic mass is 16.1. The molecule has 6 heteroatoms. The van der Waals surface area contributed by atoms with E-state index in [4.69, 9.17) is 0 Å². The van der Waals surface area contributed by atoms with Gasteiger partial charge in [-0.25, -0.2) is 0 Å². The molecular weight excluding hydrogens is 314 g/mol. The van der Waals surface area contributed by atoms with E-state index < -0.39 is 0 Å². The summed E-state index contributed by atoms with van der Waals surface area (Å²) in [4.78, 5) is 19.8. The third kappa shape index (κ3) is 3.01. The van der Waals surface area contributed by atoms with Crippen LogP contribution in [0.3, 0.4) is 0 Å². The quantitative estimate of drug-likeness (QED) is 0.604. The van der Waals surface area contributed by atoms with Gasteiger partial charge in [0.2, 0.25) is 0 Å². The van der Waals surface area contributed by atoms with Crippen LogP contribution in [0.1, 0.15) is 15.9 Å². The van der Waals surface area contributed by atoms with Crippen LogP contribution in [-0.4, -0.2) is 25.7 Å². The van der Waals surface area contributed by atoms with Crippen molar-refractivity contribution in [2.24, 2.45) is 7.05 Å². The summed E-state index contributed by atoms with van der Waals surface area (Å²) in [5.41, 5.74) is 4.56. The van der Waals surface area contributed by atoms with Crippen LogP contribution >= 0.6 is 0 Å². The number of pyridine rings is 1. The predicted molar refractivity (Wildman–Crippen MR) is 95.9 cm³/mol. The molecule has 0 atom stereocenters. The maximum Gasteiger partial charge on any atom is 0.251 e. The molecule has 0 radical (unpaired) electrons. The highest BCUT2D eigenvalue weighted by Gasteiger charge is 2.08. The lowest BCUT2D eigenvalue weighted by molar-refractivity contribution is 0.0951. The highest BCUT2D eigenvalue weighted by Crippen LogP contribution is 2.18. The fourth-order valence-electron chi connectivity index (χ4n) is 2.86. The molecule has 4 rings (SSSR count). The van der Waals surface area contributed by atoms with Crippen molar-refractivity contribution in [3.05, 3.63) is 72.3 Å². The largest absolute Gasteiger partial charge is 0.361 e. The molecule has 4 aromatic rings. The summed E-state index contributed by atoms with van der Waals surface area (Å²) >= 11 is 0. The molecule has 25 heavy (non-hydrogen) atoms. The molecule has 6 nitrogen and oxygen atoms in total. The molecule has 0 bridgehead atoms. The number of hydrogen-bond acceptors (Lipinski definition) is 3. The molecule has 1 aromatic carbocycles. The molecule has 0 saturated carbocycles. The highest BCUT2D eigenvalue weighted by molar-refractivity contribution is 5.98. The normalized spacial score (nSPS) is 10.9. The van der Waals surface area contributed by atoms with E-state index in [0.717, 1.165) is 27.7 Å². The van der Waals surface area contributed by atoms with Gasteiger partial charge in [0, 0.05) is 60.4 Å². The average Bonchev–Trinajstić information content (AvgIpc) is 3.27. The van der Waals surface area contributed by atoms with E-state index in [-0.39, 0.29) is 5.91 Å². The fraction of sp³-hybridized carbons (Fsp3) is 0.105. The second kappa shape index (κ2) is 6.24. The number of carbonyl (C=O) groups is 1. The second-order valence-electron chi connectivity index (χ2n) is 5.88. The maximum atomic E-state index is 12.4. The van der Waals surface area contributed by atoms with Crippen molar-refractivity contribution in [2.75, 3.05) is 0 Å². The SMILES string of the molecule is Cn1nccc1-c1cncc(CNC(=O)c2ccc3[nH]ccc3c2)c1. The molecule has 3 heterocycles. The van der Waals surface area contributed by atoms with E-state index in [1.54, 1.807) is 23.3 Å². The van der Waals surface area contributed by atoms with E-state index in [1.165, 1.54) is 0 Å². The number of fused-ring (bicyclic) bond motifs is 1. The Labute approximate surface area is 144 Å². The summed E-state index contributed by atoms with van der Waals surface area (Å²) in [6.07, 6.45) is 7.17. The Morgan fingerprint density at radius 1 is 1.20 bits per heavy atom. The van der Waals surface area contributed by atoms with Crippen LogP contribution in [0, 0.1) is 0 Å². The smallest absolute Gasteiger partial charge is 0.251 e. The van der Waals surface area contributed by atoms with Crippen LogP contribution in [0.4, 0.5) is 0 Å². The summed E-state index contributed by atoms with van der Waals surface area (Å²) in [5, 5.41) is 8.14. The minimum absolute atomic E-state index is 0.103. The Hall–Kier alpha value is -3.41. The van der Waals surface area contributed by atoms with Gasteiger partial charge in [0.1, 0.15) is 0 Å². The lowest BCUT2D eigenvalue weighted by Gasteiger charge is -2.07. The summed E-state index contributed by atoms with van der Waals surface area (Å²) in [7, 11) is 1.89. The van der Waals surface area contributed by atoms with Gasteiger partial charge < -0.3 is 10.3 Å². The number of rotatable bonds is 4. The number of nitrogens with zero attached hydrogens (tertiary/aromatic N) is 3. The summed E-state index contributed by atoms with van der Waals surface area (Å²) in [6.45, 7) is 0.419. The first-order valence-corrected chi connectivity index (χ1v) is 7.98. The molecule has 0 unspecified atom stereocenters. The Balaban J connectivity index is 1.49. The molecule has 0 aliphatic rings. The van der Waals surface area contributed by atoms with Crippen LogP contribution in [0.2, 0.25) is 0 Å². The number of amides is 1. The van der Waals surface area contributed by atoms with Crippen molar-refractivity contribution < 1.29 is 4.79 Å². The molecule has 0 fully saturated rings. The molecule has 1 amide bonds. The average molecular weight is 331 g/mol. The van der Waals surface area contributed by atoms with Crippen molar-refractivity contribution in [1.29, 1.82) is 0 Å². The van der Waals surface area contributed by atoms with E-state index in [2.05, 4.69) is 20.4 Å². The number of benzene rings is 1. The van der Waals surface area contributed by atoms with Gasteiger partial charge in [0.15, 0.2) is 0 Å². The van der Waals surface area contributed by atoms with Gasteiger partial charge in [0.25, 0.3) is 5.91 Å². The lowest BCUT2D eigenvalue weighted by Crippen LogP contribution is -2.22. The van der Waals surface area contributed by atoms with E-state index in [0.29, 0.717) is 12.1 Å². The number of nitrogens with one attached hydrogen (secondary N) is 2. The number of carbonyl (C=O) groups excluding carboxylic acids is 1. The maximum absolute atomic E-state index is 12.4. The Kier molecular flexibility index (Phi) is 3.78. The van der Waals surface area contributed by atoms with Gasteiger partial charge in [-0.3, -0.25) is 14.5 Å². The Morgan fingerprint density at radius 3 is 2.96 bits per heavy atom. The molecule has 2 N–H and O–H groups in total. The zero-order valence-corrected chi connectivity index (χ0v) is 13.7. The molecular formula is C19H17N5O. The monoisotopic (exact) mass is 331 g/mol. The van der Waals surface area contributed by atoms with Crippen molar-refractivity contribution in [2.45, 2.75) is 6.54 Å². The van der Waals surface area contributed by atoms with Crippen LogP contribution in [0.15, 0.2) is 61.2 Å².